The van der Waals surface area contributed by atoms with E-state index in [1.807, 2.05) is 24.3 Å². The molecule has 0 spiro atoms. The maximum Gasteiger partial charge on any atom is 0.317 e. The number of hydrogen-bond donors (Lipinski definition) is 1. The second kappa shape index (κ2) is 4.93. The summed E-state index contributed by atoms with van der Waals surface area (Å²) in [5, 5.41) is 9.61. The van der Waals surface area contributed by atoms with Gasteiger partial charge in [0.1, 0.15) is 16.9 Å². The third kappa shape index (κ3) is 1.99. The van der Waals surface area contributed by atoms with E-state index in [1.165, 1.54) is 0 Å². The van der Waals surface area contributed by atoms with Crippen molar-refractivity contribution in [1.29, 1.82) is 0 Å². The molecule has 1 aromatic rings. The number of carbonyl (C=O) groups excluding carboxylic acids is 1. The molecule has 2 unspecified atom stereocenters. The number of carbonyl (C=O) groups is 2. The molecular formula is C16H18O4. The minimum absolute atomic E-state index is 0.00403. The summed E-state index contributed by atoms with van der Waals surface area (Å²) in [6.07, 6.45) is 2.83. The lowest BCUT2D eigenvalue weighted by Crippen LogP contribution is -2.43. The van der Waals surface area contributed by atoms with Gasteiger partial charge in [0, 0.05) is 17.9 Å². The Morgan fingerprint density at radius 1 is 1.35 bits per heavy atom. The van der Waals surface area contributed by atoms with E-state index in [-0.39, 0.29) is 11.7 Å². The average Bonchev–Trinajstić information content (AvgIpc) is 2.84. The van der Waals surface area contributed by atoms with Crippen LogP contribution in [0, 0.1) is 5.41 Å². The monoisotopic (exact) mass is 274 g/mol. The summed E-state index contributed by atoms with van der Waals surface area (Å²) in [7, 11) is 0. The van der Waals surface area contributed by atoms with Crippen molar-refractivity contribution in [2.45, 2.75) is 38.0 Å². The Balaban J connectivity index is 1.89. The quantitative estimate of drug-likeness (QED) is 0.861. The van der Waals surface area contributed by atoms with E-state index in [9.17, 15) is 14.7 Å². The molecule has 0 saturated heterocycles. The zero-order valence-electron chi connectivity index (χ0n) is 11.3. The molecule has 2 atom stereocenters. The Morgan fingerprint density at radius 2 is 2.15 bits per heavy atom. The standard InChI is InChI=1S/C16H18O4/c17-14-7-3-4-8-16(14,15(18)19)9-11-10-20-13-6-2-1-5-12(11)13/h1-2,5-6,11H,3-4,7-10H2,(H,18,19). The molecule has 3 rings (SSSR count). The molecule has 20 heavy (non-hydrogen) atoms. The fourth-order valence-electron chi connectivity index (χ4n) is 3.44. The summed E-state index contributed by atoms with van der Waals surface area (Å²) < 4.78 is 5.61. The molecule has 1 aliphatic carbocycles. The topological polar surface area (TPSA) is 63.6 Å². The third-order valence-electron chi connectivity index (χ3n) is 4.59. The maximum absolute atomic E-state index is 12.2. The lowest BCUT2D eigenvalue weighted by atomic mass is 9.67. The summed E-state index contributed by atoms with van der Waals surface area (Å²) in [5.74, 6) is -0.252. The van der Waals surface area contributed by atoms with Gasteiger partial charge in [-0.15, -0.1) is 0 Å². The summed E-state index contributed by atoms with van der Waals surface area (Å²) in [5.41, 5.74) is -0.171. The number of fused-ring (bicyclic) bond motifs is 1. The number of para-hydroxylation sites is 1. The maximum atomic E-state index is 12.2. The molecular weight excluding hydrogens is 256 g/mol. The van der Waals surface area contributed by atoms with Crippen LogP contribution in [0.15, 0.2) is 24.3 Å². The molecule has 0 bridgehead atoms. The van der Waals surface area contributed by atoms with Crippen molar-refractivity contribution in [3.63, 3.8) is 0 Å². The minimum atomic E-state index is -1.20. The zero-order chi connectivity index (χ0) is 14.2. The molecule has 1 saturated carbocycles. The number of carboxylic acid groups (broad SMARTS) is 1. The van der Waals surface area contributed by atoms with Crippen molar-refractivity contribution in [2.75, 3.05) is 6.61 Å². The highest BCUT2D eigenvalue weighted by Crippen LogP contribution is 2.45. The van der Waals surface area contributed by atoms with Crippen LogP contribution in [-0.2, 0) is 9.59 Å². The number of rotatable bonds is 3. The van der Waals surface area contributed by atoms with Gasteiger partial charge in [-0.25, -0.2) is 0 Å². The molecule has 0 radical (unpaired) electrons. The Hall–Kier alpha value is -1.84. The minimum Gasteiger partial charge on any atom is -0.493 e. The molecule has 1 N–H and O–H groups in total. The summed E-state index contributed by atoms with van der Waals surface area (Å²) in [6.45, 7) is 0.474. The molecule has 4 heteroatoms. The van der Waals surface area contributed by atoms with E-state index >= 15 is 0 Å². The van der Waals surface area contributed by atoms with Crippen molar-refractivity contribution in [3.05, 3.63) is 29.8 Å². The number of ether oxygens (including phenoxy) is 1. The van der Waals surface area contributed by atoms with Crippen LogP contribution >= 0.6 is 0 Å². The second-order valence-electron chi connectivity index (χ2n) is 5.77. The van der Waals surface area contributed by atoms with Crippen LogP contribution in [0.2, 0.25) is 0 Å². The van der Waals surface area contributed by atoms with Gasteiger partial charge in [0.2, 0.25) is 0 Å². The molecule has 1 heterocycles. The molecule has 0 aromatic heterocycles. The van der Waals surface area contributed by atoms with Crippen molar-refractivity contribution >= 4 is 11.8 Å². The number of ketones is 1. The highest BCUT2D eigenvalue weighted by Gasteiger charge is 2.49. The van der Waals surface area contributed by atoms with Crippen LogP contribution in [0.25, 0.3) is 0 Å². The Morgan fingerprint density at radius 3 is 2.90 bits per heavy atom. The Bertz CT molecular complexity index is 551. The van der Waals surface area contributed by atoms with Crippen molar-refractivity contribution < 1.29 is 19.4 Å². The van der Waals surface area contributed by atoms with E-state index < -0.39 is 11.4 Å². The second-order valence-corrected chi connectivity index (χ2v) is 5.77. The Kier molecular flexibility index (Phi) is 3.24. The van der Waals surface area contributed by atoms with E-state index in [4.69, 9.17) is 4.74 Å². The van der Waals surface area contributed by atoms with Gasteiger partial charge in [0.05, 0.1) is 6.61 Å². The first-order valence-electron chi connectivity index (χ1n) is 7.12. The first-order valence-corrected chi connectivity index (χ1v) is 7.12. The zero-order valence-corrected chi connectivity index (χ0v) is 11.3. The van der Waals surface area contributed by atoms with Crippen LogP contribution in [0.1, 0.15) is 43.6 Å². The molecule has 1 aromatic carbocycles. The first-order chi connectivity index (χ1) is 9.63. The van der Waals surface area contributed by atoms with E-state index in [0.717, 1.165) is 24.2 Å². The number of carboxylic acids is 1. The molecule has 2 aliphatic rings. The number of aliphatic carboxylic acids is 1. The van der Waals surface area contributed by atoms with Gasteiger partial charge >= 0.3 is 5.97 Å². The van der Waals surface area contributed by atoms with Crippen LogP contribution in [-0.4, -0.2) is 23.5 Å². The Labute approximate surface area is 117 Å². The highest BCUT2D eigenvalue weighted by molar-refractivity contribution is 6.03. The van der Waals surface area contributed by atoms with Crippen LogP contribution in [0.5, 0.6) is 5.75 Å². The van der Waals surface area contributed by atoms with Gasteiger partial charge in [-0.3, -0.25) is 9.59 Å². The smallest absolute Gasteiger partial charge is 0.317 e. The molecule has 0 amide bonds. The molecule has 4 nitrogen and oxygen atoms in total. The summed E-state index contributed by atoms with van der Waals surface area (Å²) >= 11 is 0. The summed E-state index contributed by atoms with van der Waals surface area (Å²) in [4.78, 5) is 24.0. The predicted octanol–water partition coefficient (Wildman–Crippen LogP) is 2.77. The van der Waals surface area contributed by atoms with Gasteiger partial charge < -0.3 is 9.84 Å². The van der Waals surface area contributed by atoms with Crippen molar-refractivity contribution in [2.24, 2.45) is 5.41 Å². The van der Waals surface area contributed by atoms with Crippen LogP contribution < -0.4 is 4.74 Å². The first kappa shape index (κ1) is 13.2. The predicted molar refractivity (Wildman–Crippen MR) is 72.8 cm³/mol. The SMILES string of the molecule is O=C(O)C1(CC2COc3ccccc32)CCCCC1=O. The van der Waals surface area contributed by atoms with E-state index in [2.05, 4.69) is 0 Å². The summed E-state index contributed by atoms with van der Waals surface area (Å²) in [6, 6.07) is 7.69. The van der Waals surface area contributed by atoms with Gasteiger partial charge in [-0.2, -0.15) is 0 Å². The normalized spacial score (nSPS) is 28.8. The molecule has 1 fully saturated rings. The number of hydrogen-bond acceptors (Lipinski definition) is 3. The van der Waals surface area contributed by atoms with Crippen molar-refractivity contribution in [1.82, 2.24) is 0 Å². The van der Waals surface area contributed by atoms with Crippen LogP contribution in [0.4, 0.5) is 0 Å². The highest BCUT2D eigenvalue weighted by atomic mass is 16.5. The van der Waals surface area contributed by atoms with E-state index in [0.29, 0.717) is 25.9 Å². The average molecular weight is 274 g/mol. The largest absolute Gasteiger partial charge is 0.493 e. The molecule has 106 valence electrons. The lowest BCUT2D eigenvalue weighted by molar-refractivity contribution is -0.158. The fraction of sp³-hybridized carbons (Fsp3) is 0.500. The lowest BCUT2D eigenvalue weighted by Gasteiger charge is -2.33. The fourth-order valence-corrected chi connectivity index (χ4v) is 3.44. The molecule has 1 aliphatic heterocycles. The van der Waals surface area contributed by atoms with Crippen molar-refractivity contribution in [3.8, 4) is 5.75 Å². The number of Topliss-reactive ketones (excluding diaryl/α,β-unsaturated/α-hetero) is 1. The van der Waals surface area contributed by atoms with Crippen LogP contribution in [0.3, 0.4) is 0 Å². The van der Waals surface area contributed by atoms with E-state index in [1.54, 1.807) is 0 Å². The number of benzene rings is 1. The van der Waals surface area contributed by atoms with Gasteiger partial charge in [-0.05, 0) is 25.3 Å². The van der Waals surface area contributed by atoms with Gasteiger partial charge in [0.25, 0.3) is 0 Å². The third-order valence-corrected chi connectivity index (χ3v) is 4.59. The van der Waals surface area contributed by atoms with Gasteiger partial charge in [0.15, 0.2) is 0 Å². The van der Waals surface area contributed by atoms with Gasteiger partial charge in [-0.1, -0.05) is 24.6 Å².